The van der Waals surface area contributed by atoms with E-state index in [4.69, 9.17) is 9.47 Å². The largest absolute Gasteiger partial charge is 0.354 e. The molecule has 1 N–H and O–H groups in total. The second-order valence-electron chi connectivity index (χ2n) is 4.45. The Morgan fingerprint density at radius 2 is 1.82 bits per heavy atom. The zero-order chi connectivity index (χ0) is 12.7. The summed E-state index contributed by atoms with van der Waals surface area (Å²) in [6.45, 7) is 4.09. The summed E-state index contributed by atoms with van der Waals surface area (Å²) in [7, 11) is 3.19. The van der Waals surface area contributed by atoms with Crippen molar-refractivity contribution in [1.29, 1.82) is 0 Å². The fraction of sp³-hybridized carbons (Fsp3) is 0.917. The van der Waals surface area contributed by atoms with Crippen molar-refractivity contribution >= 4 is 5.91 Å². The molecule has 1 unspecified atom stereocenters. The van der Waals surface area contributed by atoms with Crippen molar-refractivity contribution in [2.45, 2.75) is 38.5 Å². The van der Waals surface area contributed by atoms with Gasteiger partial charge in [0.05, 0.1) is 12.6 Å². The Bertz CT molecular complexity index is 226. The topological polar surface area (TPSA) is 50.8 Å². The van der Waals surface area contributed by atoms with Crippen LogP contribution in [0.1, 0.15) is 26.2 Å². The molecule has 0 aromatic carbocycles. The van der Waals surface area contributed by atoms with Crippen LogP contribution in [0.25, 0.3) is 0 Å². The molecule has 0 spiro atoms. The molecule has 1 amide bonds. The van der Waals surface area contributed by atoms with Gasteiger partial charge in [0.15, 0.2) is 6.29 Å². The fourth-order valence-electron chi connectivity index (χ4n) is 2.10. The lowest BCUT2D eigenvalue weighted by Crippen LogP contribution is -2.46. The minimum absolute atomic E-state index is 0.00117. The number of hydrogen-bond acceptors (Lipinski definition) is 4. The van der Waals surface area contributed by atoms with Gasteiger partial charge in [0.2, 0.25) is 5.91 Å². The van der Waals surface area contributed by atoms with Crippen molar-refractivity contribution in [1.82, 2.24) is 10.2 Å². The maximum absolute atomic E-state index is 11.9. The van der Waals surface area contributed by atoms with E-state index in [0.29, 0.717) is 6.54 Å². The van der Waals surface area contributed by atoms with E-state index in [1.165, 1.54) is 6.42 Å². The van der Waals surface area contributed by atoms with Gasteiger partial charge in [-0.05, 0) is 26.2 Å². The highest BCUT2D eigenvalue weighted by Gasteiger charge is 2.19. The quantitative estimate of drug-likeness (QED) is 0.695. The molecule has 100 valence electrons. The Morgan fingerprint density at radius 1 is 1.24 bits per heavy atom. The fourth-order valence-corrected chi connectivity index (χ4v) is 2.10. The third-order valence-corrected chi connectivity index (χ3v) is 3.16. The average molecular weight is 244 g/mol. The number of amides is 1. The van der Waals surface area contributed by atoms with Crippen LogP contribution >= 0.6 is 0 Å². The zero-order valence-electron chi connectivity index (χ0n) is 11.1. The molecule has 1 heterocycles. The van der Waals surface area contributed by atoms with Gasteiger partial charge in [-0.15, -0.1) is 0 Å². The van der Waals surface area contributed by atoms with E-state index in [9.17, 15) is 4.79 Å². The summed E-state index contributed by atoms with van der Waals surface area (Å²) in [5, 5.41) is 3.14. The highest BCUT2D eigenvalue weighted by Crippen LogP contribution is 2.08. The summed E-state index contributed by atoms with van der Waals surface area (Å²) in [4.78, 5) is 13.8. The molecule has 1 saturated heterocycles. The van der Waals surface area contributed by atoms with Gasteiger partial charge in [-0.3, -0.25) is 4.79 Å². The van der Waals surface area contributed by atoms with E-state index < -0.39 is 0 Å². The molecule has 0 bridgehead atoms. The number of methoxy groups -OCH3 is 2. The van der Waals surface area contributed by atoms with Crippen LogP contribution in [0.4, 0.5) is 0 Å². The van der Waals surface area contributed by atoms with Gasteiger partial charge < -0.3 is 19.7 Å². The van der Waals surface area contributed by atoms with E-state index in [2.05, 4.69) is 5.32 Å². The molecule has 1 fully saturated rings. The van der Waals surface area contributed by atoms with Crippen LogP contribution in [0.5, 0.6) is 0 Å². The Labute approximate surface area is 103 Å². The first-order valence-electron chi connectivity index (χ1n) is 6.25. The van der Waals surface area contributed by atoms with Crippen LogP contribution in [0.2, 0.25) is 0 Å². The Hall–Kier alpha value is -0.650. The molecule has 5 heteroatoms. The summed E-state index contributed by atoms with van der Waals surface area (Å²) in [5.74, 6) is 0.169. The molecule has 5 nitrogen and oxygen atoms in total. The molecule has 0 radical (unpaired) electrons. The number of ether oxygens (including phenoxy) is 2. The molecule has 0 aromatic heterocycles. The lowest BCUT2D eigenvalue weighted by atomic mass is 10.1. The van der Waals surface area contributed by atoms with Gasteiger partial charge in [-0.25, -0.2) is 0 Å². The molecule has 1 aliphatic heterocycles. The Balaban J connectivity index is 2.26. The number of carbonyl (C=O) groups is 1. The number of nitrogens with one attached hydrogen (secondary N) is 1. The maximum atomic E-state index is 11.9. The second-order valence-corrected chi connectivity index (χ2v) is 4.45. The number of hydrogen-bond donors (Lipinski definition) is 1. The minimum atomic E-state index is -0.316. The second kappa shape index (κ2) is 7.63. The van der Waals surface area contributed by atoms with E-state index in [1.54, 1.807) is 14.2 Å². The first-order valence-corrected chi connectivity index (χ1v) is 6.25. The molecule has 1 aliphatic rings. The van der Waals surface area contributed by atoms with E-state index in [1.807, 2.05) is 11.8 Å². The summed E-state index contributed by atoms with van der Waals surface area (Å²) < 4.78 is 10.3. The monoisotopic (exact) mass is 244 g/mol. The van der Waals surface area contributed by atoms with Crippen molar-refractivity contribution < 1.29 is 14.3 Å². The Morgan fingerprint density at radius 3 is 2.35 bits per heavy atom. The van der Waals surface area contributed by atoms with Gasteiger partial charge >= 0.3 is 0 Å². The molecule has 1 atom stereocenters. The zero-order valence-corrected chi connectivity index (χ0v) is 11.1. The lowest BCUT2D eigenvalue weighted by Gasteiger charge is -2.28. The van der Waals surface area contributed by atoms with E-state index in [0.717, 1.165) is 25.9 Å². The maximum Gasteiger partial charge on any atom is 0.236 e. The summed E-state index contributed by atoms with van der Waals surface area (Å²) in [6.07, 6.45) is 3.17. The minimum Gasteiger partial charge on any atom is -0.354 e. The van der Waals surface area contributed by atoms with Crippen LogP contribution in [-0.4, -0.2) is 57.0 Å². The third-order valence-electron chi connectivity index (χ3n) is 3.16. The number of likely N-dealkylation sites (tertiary alicyclic amines) is 1. The van der Waals surface area contributed by atoms with Crippen LogP contribution in [0, 0.1) is 0 Å². The smallest absolute Gasteiger partial charge is 0.236 e. The number of piperidine rings is 1. The van der Waals surface area contributed by atoms with E-state index >= 15 is 0 Å². The predicted octanol–water partition coefficient (Wildman–Crippen LogP) is 0.596. The summed E-state index contributed by atoms with van der Waals surface area (Å²) >= 11 is 0. The van der Waals surface area contributed by atoms with Crippen molar-refractivity contribution in [2.24, 2.45) is 0 Å². The molecule has 0 saturated carbocycles. The van der Waals surface area contributed by atoms with Crippen LogP contribution in [0.15, 0.2) is 0 Å². The average Bonchev–Trinajstić information content (AvgIpc) is 2.38. The van der Waals surface area contributed by atoms with Crippen molar-refractivity contribution in [3.8, 4) is 0 Å². The number of rotatable bonds is 6. The van der Waals surface area contributed by atoms with Gasteiger partial charge in [0, 0.05) is 27.3 Å². The van der Waals surface area contributed by atoms with Crippen molar-refractivity contribution in [2.75, 3.05) is 33.9 Å². The Kier molecular flexibility index (Phi) is 6.47. The van der Waals surface area contributed by atoms with Gasteiger partial charge in [-0.2, -0.15) is 0 Å². The summed E-state index contributed by atoms with van der Waals surface area (Å²) in [5.41, 5.74) is 0. The van der Waals surface area contributed by atoms with Crippen molar-refractivity contribution in [3.05, 3.63) is 0 Å². The van der Waals surface area contributed by atoms with Crippen LogP contribution in [0.3, 0.4) is 0 Å². The molecule has 0 aliphatic carbocycles. The SMILES string of the molecule is COC(OC)C(C)NCC(=O)N1CCCCC1. The normalized spacial score (nSPS) is 18.5. The van der Waals surface area contributed by atoms with Gasteiger partial charge in [0.25, 0.3) is 0 Å². The predicted molar refractivity (Wildman–Crippen MR) is 65.7 cm³/mol. The van der Waals surface area contributed by atoms with Crippen molar-refractivity contribution in [3.63, 3.8) is 0 Å². The lowest BCUT2D eigenvalue weighted by molar-refractivity contribution is -0.134. The molecular formula is C12H24N2O3. The number of carbonyl (C=O) groups excluding carboxylic acids is 1. The standard InChI is InChI=1S/C12H24N2O3/c1-10(12(16-2)17-3)13-9-11(15)14-7-5-4-6-8-14/h10,12-13H,4-9H2,1-3H3. The molecule has 1 rings (SSSR count). The van der Waals surface area contributed by atoms with Gasteiger partial charge in [0.1, 0.15) is 0 Å². The van der Waals surface area contributed by atoms with Crippen LogP contribution in [-0.2, 0) is 14.3 Å². The van der Waals surface area contributed by atoms with E-state index in [-0.39, 0.29) is 18.2 Å². The highest BCUT2D eigenvalue weighted by atomic mass is 16.7. The highest BCUT2D eigenvalue weighted by molar-refractivity contribution is 5.78. The molecule has 0 aromatic rings. The van der Waals surface area contributed by atoms with Gasteiger partial charge in [-0.1, -0.05) is 0 Å². The van der Waals surface area contributed by atoms with Crippen LogP contribution < -0.4 is 5.32 Å². The summed E-state index contributed by atoms with van der Waals surface area (Å²) in [6, 6.07) is -0.00117. The first kappa shape index (κ1) is 14.4. The third kappa shape index (κ3) is 4.61. The molecular weight excluding hydrogens is 220 g/mol. The number of nitrogens with zero attached hydrogens (tertiary/aromatic N) is 1. The molecule has 17 heavy (non-hydrogen) atoms. The first-order chi connectivity index (χ1) is 8.19.